The number of ether oxygens (including phenoxy) is 2. The molecule has 0 aliphatic rings. The Hall–Kier alpha value is -1.35. The number of hydrogen-bond donors (Lipinski definition) is 0. The summed E-state index contributed by atoms with van der Waals surface area (Å²) in [5.74, 6) is -0.262. The second kappa shape index (κ2) is 11.3. The van der Waals surface area contributed by atoms with Crippen molar-refractivity contribution in [2.75, 3.05) is 19.8 Å². The predicted octanol–water partition coefficient (Wildman–Crippen LogP) is 4.39. The van der Waals surface area contributed by atoms with Gasteiger partial charge in [0.2, 0.25) is 0 Å². The van der Waals surface area contributed by atoms with E-state index in [-0.39, 0.29) is 5.97 Å². The molecule has 0 saturated carbocycles. The van der Waals surface area contributed by atoms with E-state index in [2.05, 4.69) is 13.8 Å². The minimum atomic E-state index is -0.262. The van der Waals surface area contributed by atoms with Crippen LogP contribution in [0.5, 0.6) is 0 Å². The van der Waals surface area contributed by atoms with E-state index < -0.39 is 0 Å². The minimum absolute atomic E-state index is 0.262. The summed E-state index contributed by atoms with van der Waals surface area (Å²) >= 11 is 0. The summed E-state index contributed by atoms with van der Waals surface area (Å²) in [4.78, 5) is 11.9. The first-order chi connectivity index (χ1) is 10.3. The largest absolute Gasteiger partial charge is 0.460 e. The fourth-order valence-corrected chi connectivity index (χ4v) is 2.15. The van der Waals surface area contributed by atoms with Crippen molar-refractivity contribution in [3.05, 3.63) is 35.4 Å². The number of esters is 1. The monoisotopic (exact) mass is 292 g/mol. The van der Waals surface area contributed by atoms with Crippen LogP contribution in [0, 0.1) is 0 Å². The molecule has 0 atom stereocenters. The molecule has 0 heterocycles. The molecule has 0 radical (unpaired) electrons. The quantitative estimate of drug-likeness (QED) is 0.448. The van der Waals surface area contributed by atoms with Gasteiger partial charge in [0.05, 0.1) is 12.2 Å². The Bertz CT molecular complexity index is 401. The number of rotatable bonds is 11. The molecule has 0 unspecified atom stereocenters. The van der Waals surface area contributed by atoms with Gasteiger partial charge in [-0.2, -0.15) is 0 Å². The van der Waals surface area contributed by atoms with E-state index in [0.717, 1.165) is 25.9 Å². The Morgan fingerprint density at radius 1 is 1.00 bits per heavy atom. The van der Waals surface area contributed by atoms with Gasteiger partial charge in [0.15, 0.2) is 0 Å². The van der Waals surface area contributed by atoms with Gasteiger partial charge < -0.3 is 9.47 Å². The molecular formula is C18H28O3. The third-order valence-corrected chi connectivity index (χ3v) is 3.30. The third-order valence-electron chi connectivity index (χ3n) is 3.30. The fraction of sp³-hybridized carbons (Fsp3) is 0.611. The van der Waals surface area contributed by atoms with Crippen molar-refractivity contribution < 1.29 is 14.3 Å². The van der Waals surface area contributed by atoms with Crippen LogP contribution in [-0.2, 0) is 15.9 Å². The van der Waals surface area contributed by atoms with E-state index in [1.54, 1.807) is 6.07 Å². The van der Waals surface area contributed by atoms with Crippen LogP contribution in [0.4, 0.5) is 0 Å². The first-order valence-electron chi connectivity index (χ1n) is 8.11. The van der Waals surface area contributed by atoms with Crippen molar-refractivity contribution in [1.29, 1.82) is 0 Å². The smallest absolute Gasteiger partial charge is 0.338 e. The molecule has 0 aliphatic carbocycles. The standard InChI is InChI=1S/C18H28O3/c1-3-5-6-7-12-20-13-14-21-18(19)17-11-8-10-16(15-17)9-4-2/h8,10-11,15H,3-7,9,12-14H2,1-2H3. The zero-order chi connectivity index (χ0) is 15.3. The Kier molecular flexibility index (Phi) is 9.55. The van der Waals surface area contributed by atoms with Gasteiger partial charge in [0, 0.05) is 6.61 Å². The lowest BCUT2D eigenvalue weighted by Gasteiger charge is -2.07. The molecule has 3 heteroatoms. The summed E-state index contributed by atoms with van der Waals surface area (Å²) in [6.07, 6.45) is 6.84. The van der Waals surface area contributed by atoms with E-state index in [0.29, 0.717) is 18.8 Å². The Morgan fingerprint density at radius 2 is 1.86 bits per heavy atom. The maximum absolute atomic E-state index is 11.9. The molecule has 3 nitrogen and oxygen atoms in total. The Labute approximate surface area is 128 Å². The molecule has 0 saturated heterocycles. The highest BCUT2D eigenvalue weighted by molar-refractivity contribution is 5.89. The molecule has 0 fully saturated rings. The number of unbranched alkanes of at least 4 members (excludes halogenated alkanes) is 3. The summed E-state index contributed by atoms with van der Waals surface area (Å²) in [7, 11) is 0. The maximum atomic E-state index is 11.9. The lowest BCUT2D eigenvalue weighted by atomic mass is 10.1. The van der Waals surface area contributed by atoms with Crippen LogP contribution in [0.1, 0.15) is 61.9 Å². The van der Waals surface area contributed by atoms with Crippen LogP contribution in [0.2, 0.25) is 0 Å². The molecule has 21 heavy (non-hydrogen) atoms. The Morgan fingerprint density at radius 3 is 2.62 bits per heavy atom. The van der Waals surface area contributed by atoms with Gasteiger partial charge in [-0.05, 0) is 30.5 Å². The molecule has 0 amide bonds. The Balaban J connectivity index is 2.17. The van der Waals surface area contributed by atoms with Gasteiger partial charge in [-0.3, -0.25) is 0 Å². The second-order valence-corrected chi connectivity index (χ2v) is 5.26. The lowest BCUT2D eigenvalue weighted by Crippen LogP contribution is -2.11. The SMILES string of the molecule is CCCCCCOCCOC(=O)c1cccc(CCC)c1. The van der Waals surface area contributed by atoms with Gasteiger partial charge in [-0.15, -0.1) is 0 Å². The van der Waals surface area contributed by atoms with E-state index >= 15 is 0 Å². The number of hydrogen-bond acceptors (Lipinski definition) is 3. The maximum Gasteiger partial charge on any atom is 0.338 e. The first-order valence-corrected chi connectivity index (χ1v) is 8.11. The molecule has 1 aromatic carbocycles. The van der Waals surface area contributed by atoms with Crippen molar-refractivity contribution >= 4 is 5.97 Å². The van der Waals surface area contributed by atoms with Crippen LogP contribution < -0.4 is 0 Å². The normalized spacial score (nSPS) is 10.6. The molecular weight excluding hydrogens is 264 g/mol. The van der Waals surface area contributed by atoms with Gasteiger partial charge in [-0.1, -0.05) is 51.7 Å². The van der Waals surface area contributed by atoms with Crippen LogP contribution in [0.3, 0.4) is 0 Å². The number of benzene rings is 1. The summed E-state index contributed by atoms with van der Waals surface area (Å²) in [6.45, 7) is 5.87. The molecule has 0 spiro atoms. The van der Waals surface area contributed by atoms with Crippen LogP contribution in [0.25, 0.3) is 0 Å². The van der Waals surface area contributed by atoms with Crippen molar-refractivity contribution in [3.63, 3.8) is 0 Å². The summed E-state index contributed by atoms with van der Waals surface area (Å²) in [5, 5.41) is 0. The van der Waals surface area contributed by atoms with Crippen LogP contribution >= 0.6 is 0 Å². The van der Waals surface area contributed by atoms with E-state index in [1.165, 1.54) is 24.8 Å². The number of carbonyl (C=O) groups is 1. The average molecular weight is 292 g/mol. The summed E-state index contributed by atoms with van der Waals surface area (Å²) in [6, 6.07) is 7.66. The lowest BCUT2D eigenvalue weighted by molar-refractivity contribution is 0.0312. The highest BCUT2D eigenvalue weighted by Gasteiger charge is 2.07. The van der Waals surface area contributed by atoms with Crippen LogP contribution in [-0.4, -0.2) is 25.8 Å². The van der Waals surface area contributed by atoms with Crippen molar-refractivity contribution in [1.82, 2.24) is 0 Å². The van der Waals surface area contributed by atoms with Gasteiger partial charge >= 0.3 is 5.97 Å². The highest BCUT2D eigenvalue weighted by atomic mass is 16.6. The summed E-state index contributed by atoms with van der Waals surface area (Å²) in [5.41, 5.74) is 1.81. The van der Waals surface area contributed by atoms with E-state index in [9.17, 15) is 4.79 Å². The zero-order valence-electron chi connectivity index (χ0n) is 13.4. The van der Waals surface area contributed by atoms with E-state index in [4.69, 9.17) is 9.47 Å². The van der Waals surface area contributed by atoms with Crippen LogP contribution in [0.15, 0.2) is 24.3 Å². The molecule has 118 valence electrons. The number of aryl methyl sites for hydroxylation is 1. The fourth-order valence-electron chi connectivity index (χ4n) is 2.15. The molecule has 0 N–H and O–H groups in total. The number of carbonyl (C=O) groups excluding carboxylic acids is 1. The third kappa shape index (κ3) is 7.86. The highest BCUT2D eigenvalue weighted by Crippen LogP contribution is 2.09. The molecule has 0 bridgehead atoms. The van der Waals surface area contributed by atoms with E-state index in [1.807, 2.05) is 18.2 Å². The first kappa shape index (κ1) is 17.7. The summed E-state index contributed by atoms with van der Waals surface area (Å²) < 4.78 is 10.7. The van der Waals surface area contributed by atoms with Crippen molar-refractivity contribution in [3.8, 4) is 0 Å². The predicted molar refractivity (Wildman–Crippen MR) is 85.7 cm³/mol. The molecule has 1 rings (SSSR count). The van der Waals surface area contributed by atoms with Gasteiger partial charge in [0.25, 0.3) is 0 Å². The van der Waals surface area contributed by atoms with Gasteiger partial charge in [-0.25, -0.2) is 4.79 Å². The average Bonchev–Trinajstić information content (AvgIpc) is 2.50. The van der Waals surface area contributed by atoms with Crippen molar-refractivity contribution in [2.24, 2.45) is 0 Å². The molecule has 0 aliphatic heterocycles. The zero-order valence-corrected chi connectivity index (χ0v) is 13.4. The second-order valence-electron chi connectivity index (χ2n) is 5.26. The minimum Gasteiger partial charge on any atom is -0.460 e. The van der Waals surface area contributed by atoms with Crippen molar-refractivity contribution in [2.45, 2.75) is 52.4 Å². The van der Waals surface area contributed by atoms with Gasteiger partial charge in [0.1, 0.15) is 6.61 Å². The molecule has 0 aromatic heterocycles. The molecule has 1 aromatic rings. The topological polar surface area (TPSA) is 35.5 Å².